The fourth-order valence-corrected chi connectivity index (χ4v) is 2.92. The first-order valence-electron chi connectivity index (χ1n) is 8.41. The van der Waals surface area contributed by atoms with Gasteiger partial charge in [-0.1, -0.05) is 54.6 Å². The van der Waals surface area contributed by atoms with Crippen LogP contribution in [0.2, 0.25) is 0 Å². The molecule has 0 bridgehead atoms. The highest BCUT2D eigenvalue weighted by atomic mass is 16.1. The van der Waals surface area contributed by atoms with Gasteiger partial charge in [0.15, 0.2) is 0 Å². The summed E-state index contributed by atoms with van der Waals surface area (Å²) in [6.07, 6.45) is 0. The number of para-hydroxylation sites is 2. The van der Waals surface area contributed by atoms with E-state index in [0.29, 0.717) is 5.56 Å². The highest BCUT2D eigenvalue weighted by Gasteiger charge is 2.13. The quantitative estimate of drug-likeness (QED) is 0.605. The lowest BCUT2D eigenvalue weighted by Crippen LogP contribution is -2.17. The van der Waals surface area contributed by atoms with Crippen LogP contribution in [0.1, 0.15) is 10.4 Å². The summed E-state index contributed by atoms with van der Waals surface area (Å²) >= 11 is 0. The van der Waals surface area contributed by atoms with Gasteiger partial charge in [0, 0.05) is 23.7 Å². The third-order valence-electron chi connectivity index (χ3n) is 4.27. The Kier molecular flexibility index (Phi) is 4.15. The molecule has 0 aliphatic heterocycles. The van der Waals surface area contributed by atoms with Gasteiger partial charge in [-0.2, -0.15) is 0 Å². The predicted octanol–water partition coefficient (Wildman–Crippen LogP) is 4.32. The van der Waals surface area contributed by atoms with Gasteiger partial charge in [-0.3, -0.25) is 4.79 Å². The van der Waals surface area contributed by atoms with Crippen molar-refractivity contribution in [2.24, 2.45) is 0 Å². The molecule has 126 valence electrons. The maximum atomic E-state index is 11.8. The maximum absolute atomic E-state index is 11.8. The molecule has 0 saturated heterocycles. The van der Waals surface area contributed by atoms with Gasteiger partial charge < -0.3 is 5.32 Å². The second-order valence-corrected chi connectivity index (χ2v) is 5.93. The molecule has 0 saturated carbocycles. The molecule has 0 aliphatic carbocycles. The third-order valence-corrected chi connectivity index (χ3v) is 4.27. The number of nitrogens with zero attached hydrogens (tertiary/aromatic N) is 2. The number of carbonyl (C=O) groups excluding carboxylic acids is 1. The van der Waals surface area contributed by atoms with Gasteiger partial charge in [0.2, 0.25) is 0 Å². The van der Waals surface area contributed by atoms with Crippen LogP contribution >= 0.6 is 0 Å². The SMILES string of the molecule is CNC(=O)c1ccc(-c2nc3ccccc3nc2-c2ccccc2)cc1. The Labute approximate surface area is 151 Å². The number of carbonyl (C=O) groups is 1. The molecule has 0 unspecified atom stereocenters. The van der Waals surface area contributed by atoms with Crippen LogP contribution in [0.25, 0.3) is 33.5 Å². The Morgan fingerprint density at radius 1 is 0.692 bits per heavy atom. The molecule has 4 heteroatoms. The third kappa shape index (κ3) is 2.93. The second-order valence-electron chi connectivity index (χ2n) is 5.93. The molecule has 0 atom stereocenters. The van der Waals surface area contributed by atoms with Gasteiger partial charge in [-0.15, -0.1) is 0 Å². The molecule has 1 aromatic heterocycles. The molecule has 4 aromatic rings. The van der Waals surface area contributed by atoms with Crippen molar-refractivity contribution in [2.75, 3.05) is 7.05 Å². The van der Waals surface area contributed by atoms with Gasteiger partial charge in [0.05, 0.1) is 22.4 Å². The first-order valence-corrected chi connectivity index (χ1v) is 8.41. The smallest absolute Gasteiger partial charge is 0.251 e. The predicted molar refractivity (Wildman–Crippen MR) is 104 cm³/mol. The van der Waals surface area contributed by atoms with Crippen molar-refractivity contribution in [3.63, 3.8) is 0 Å². The highest BCUT2D eigenvalue weighted by Crippen LogP contribution is 2.30. The molecule has 1 N–H and O–H groups in total. The van der Waals surface area contributed by atoms with Crippen LogP contribution in [0.5, 0.6) is 0 Å². The van der Waals surface area contributed by atoms with E-state index < -0.39 is 0 Å². The van der Waals surface area contributed by atoms with E-state index in [2.05, 4.69) is 5.32 Å². The van der Waals surface area contributed by atoms with Crippen molar-refractivity contribution >= 4 is 16.9 Å². The zero-order valence-corrected chi connectivity index (χ0v) is 14.3. The lowest BCUT2D eigenvalue weighted by Gasteiger charge is -2.11. The Morgan fingerprint density at radius 3 is 1.73 bits per heavy atom. The highest BCUT2D eigenvalue weighted by molar-refractivity contribution is 5.95. The maximum Gasteiger partial charge on any atom is 0.251 e. The largest absolute Gasteiger partial charge is 0.355 e. The van der Waals surface area contributed by atoms with E-state index in [9.17, 15) is 4.79 Å². The summed E-state index contributed by atoms with van der Waals surface area (Å²) in [7, 11) is 1.62. The minimum absolute atomic E-state index is 0.107. The fourth-order valence-electron chi connectivity index (χ4n) is 2.92. The van der Waals surface area contributed by atoms with E-state index in [1.165, 1.54) is 0 Å². The van der Waals surface area contributed by atoms with Crippen LogP contribution in [0.15, 0.2) is 78.9 Å². The summed E-state index contributed by atoms with van der Waals surface area (Å²) in [5.41, 5.74) is 5.89. The summed E-state index contributed by atoms with van der Waals surface area (Å²) < 4.78 is 0. The van der Waals surface area contributed by atoms with E-state index in [1.54, 1.807) is 19.2 Å². The Bertz CT molecular complexity index is 1070. The van der Waals surface area contributed by atoms with Crippen LogP contribution in [-0.4, -0.2) is 22.9 Å². The van der Waals surface area contributed by atoms with Gasteiger partial charge in [0.25, 0.3) is 5.91 Å². The lowest BCUT2D eigenvalue weighted by molar-refractivity contribution is 0.0963. The summed E-state index contributed by atoms with van der Waals surface area (Å²) in [5.74, 6) is -0.107. The van der Waals surface area contributed by atoms with E-state index in [4.69, 9.17) is 9.97 Å². The number of hydrogen-bond acceptors (Lipinski definition) is 3. The molecule has 0 radical (unpaired) electrons. The summed E-state index contributed by atoms with van der Waals surface area (Å²) in [5, 5.41) is 2.63. The summed E-state index contributed by atoms with van der Waals surface area (Å²) in [6, 6.07) is 25.3. The molecule has 26 heavy (non-hydrogen) atoms. The molecular weight excluding hydrogens is 322 g/mol. The zero-order valence-electron chi connectivity index (χ0n) is 14.3. The standard InChI is InChI=1S/C22H17N3O/c1-23-22(26)17-13-11-16(12-14-17)21-20(15-7-3-2-4-8-15)24-18-9-5-6-10-19(18)25-21/h2-14H,1H3,(H,23,26). The molecule has 4 rings (SSSR count). The van der Waals surface area contributed by atoms with Crippen molar-refractivity contribution in [2.45, 2.75) is 0 Å². The first kappa shape index (κ1) is 16.0. The van der Waals surface area contributed by atoms with Crippen molar-refractivity contribution in [1.82, 2.24) is 15.3 Å². The molecule has 3 aromatic carbocycles. The van der Waals surface area contributed by atoms with Crippen LogP contribution in [0, 0.1) is 0 Å². The van der Waals surface area contributed by atoms with E-state index in [-0.39, 0.29) is 5.91 Å². The monoisotopic (exact) mass is 339 g/mol. The second kappa shape index (κ2) is 6.76. The van der Waals surface area contributed by atoms with Crippen molar-refractivity contribution in [3.8, 4) is 22.5 Å². The average Bonchev–Trinajstić information content (AvgIpc) is 2.73. The van der Waals surface area contributed by atoms with E-state index in [1.807, 2.05) is 66.7 Å². The van der Waals surface area contributed by atoms with Gasteiger partial charge in [0.1, 0.15) is 0 Å². The Hall–Kier alpha value is -3.53. The number of amides is 1. The number of rotatable bonds is 3. The molecule has 1 heterocycles. The van der Waals surface area contributed by atoms with Crippen molar-refractivity contribution in [1.29, 1.82) is 0 Å². The molecule has 0 spiro atoms. The number of nitrogens with one attached hydrogen (secondary N) is 1. The van der Waals surface area contributed by atoms with Gasteiger partial charge in [-0.05, 0) is 24.3 Å². The molecule has 4 nitrogen and oxygen atoms in total. The topological polar surface area (TPSA) is 54.9 Å². The van der Waals surface area contributed by atoms with Gasteiger partial charge >= 0.3 is 0 Å². The molecular formula is C22H17N3O. The van der Waals surface area contributed by atoms with Crippen LogP contribution in [-0.2, 0) is 0 Å². The minimum atomic E-state index is -0.107. The first-order chi connectivity index (χ1) is 12.8. The summed E-state index contributed by atoms with van der Waals surface area (Å²) in [6.45, 7) is 0. The number of aromatic nitrogens is 2. The van der Waals surface area contributed by atoms with Crippen molar-refractivity contribution in [3.05, 3.63) is 84.4 Å². The number of benzene rings is 3. The van der Waals surface area contributed by atoms with Gasteiger partial charge in [-0.25, -0.2) is 9.97 Å². The molecule has 1 amide bonds. The summed E-state index contributed by atoms with van der Waals surface area (Å²) in [4.78, 5) is 21.5. The fraction of sp³-hybridized carbons (Fsp3) is 0.0455. The molecule has 0 fully saturated rings. The number of hydrogen-bond donors (Lipinski definition) is 1. The van der Waals surface area contributed by atoms with E-state index in [0.717, 1.165) is 33.5 Å². The van der Waals surface area contributed by atoms with Crippen molar-refractivity contribution < 1.29 is 4.79 Å². The Morgan fingerprint density at radius 2 is 1.19 bits per heavy atom. The Balaban J connectivity index is 1.91. The minimum Gasteiger partial charge on any atom is -0.355 e. The normalized spacial score (nSPS) is 10.7. The zero-order chi connectivity index (χ0) is 17.9. The van der Waals surface area contributed by atoms with Crippen LogP contribution < -0.4 is 5.32 Å². The molecule has 0 aliphatic rings. The lowest BCUT2D eigenvalue weighted by atomic mass is 10.0. The van der Waals surface area contributed by atoms with Crippen LogP contribution in [0.4, 0.5) is 0 Å². The van der Waals surface area contributed by atoms with Crippen LogP contribution in [0.3, 0.4) is 0 Å². The van der Waals surface area contributed by atoms with E-state index >= 15 is 0 Å². The number of fused-ring (bicyclic) bond motifs is 1. The average molecular weight is 339 g/mol.